The summed E-state index contributed by atoms with van der Waals surface area (Å²) in [5.74, 6) is 0.852. The normalized spacial score (nSPS) is 11.9. The zero-order valence-electron chi connectivity index (χ0n) is 16.8. The first-order chi connectivity index (χ1) is 14.3. The van der Waals surface area contributed by atoms with Crippen molar-refractivity contribution in [3.63, 3.8) is 0 Å². The fourth-order valence-corrected chi connectivity index (χ4v) is 2.99. The van der Waals surface area contributed by atoms with Gasteiger partial charge in [-0.25, -0.2) is 0 Å². The van der Waals surface area contributed by atoms with E-state index in [1.54, 1.807) is 56.3 Å². The minimum atomic E-state index is -2.94. The Bertz CT molecular complexity index is 1000. The molecule has 8 heteroatoms. The number of hydrogen-bond acceptors (Lipinski definition) is 5. The van der Waals surface area contributed by atoms with Crippen molar-refractivity contribution in [1.29, 1.82) is 0 Å². The second-order valence-corrected chi connectivity index (χ2v) is 6.73. The summed E-state index contributed by atoms with van der Waals surface area (Å²) in [6.45, 7) is 2.65. The molecular weight excluding hydrogens is 394 g/mol. The quantitative estimate of drug-likeness (QED) is 0.562. The van der Waals surface area contributed by atoms with Crippen molar-refractivity contribution in [2.24, 2.45) is 0 Å². The molecule has 0 aliphatic carbocycles. The molecule has 6 nitrogen and oxygen atoms in total. The molecule has 0 aliphatic heterocycles. The molecule has 0 aliphatic rings. The van der Waals surface area contributed by atoms with E-state index in [9.17, 15) is 13.6 Å². The number of amides is 1. The third-order valence-electron chi connectivity index (χ3n) is 4.61. The topological polar surface area (TPSA) is 73.6 Å². The van der Waals surface area contributed by atoms with E-state index in [1.807, 2.05) is 6.92 Å². The SMILES string of the molecule is Cc1noc(C)c1COc1cccc(C(=O)NC(C)c2ccccc2OC(F)F)c1. The summed E-state index contributed by atoms with van der Waals surface area (Å²) in [5.41, 5.74) is 2.44. The van der Waals surface area contributed by atoms with Gasteiger partial charge in [0.1, 0.15) is 23.9 Å². The number of ether oxygens (including phenoxy) is 2. The Labute approximate surface area is 172 Å². The van der Waals surface area contributed by atoms with Gasteiger partial charge in [0.2, 0.25) is 0 Å². The molecule has 158 valence electrons. The third kappa shape index (κ3) is 5.14. The largest absolute Gasteiger partial charge is 0.489 e. The van der Waals surface area contributed by atoms with E-state index in [-0.39, 0.29) is 18.3 Å². The van der Waals surface area contributed by atoms with Crippen LogP contribution in [0.2, 0.25) is 0 Å². The van der Waals surface area contributed by atoms with Crippen LogP contribution in [0.1, 0.15) is 45.9 Å². The van der Waals surface area contributed by atoms with E-state index in [0.29, 0.717) is 22.6 Å². The average Bonchev–Trinajstić information content (AvgIpc) is 3.04. The highest BCUT2D eigenvalue weighted by molar-refractivity contribution is 5.94. The highest BCUT2D eigenvalue weighted by Crippen LogP contribution is 2.27. The molecule has 1 heterocycles. The van der Waals surface area contributed by atoms with Crippen molar-refractivity contribution in [3.8, 4) is 11.5 Å². The van der Waals surface area contributed by atoms with E-state index in [2.05, 4.69) is 15.2 Å². The van der Waals surface area contributed by atoms with Crippen LogP contribution in [0.25, 0.3) is 0 Å². The highest BCUT2D eigenvalue weighted by atomic mass is 19.3. The number of carbonyl (C=O) groups is 1. The smallest absolute Gasteiger partial charge is 0.387 e. The molecule has 0 spiro atoms. The Morgan fingerprint density at radius 1 is 1.17 bits per heavy atom. The second-order valence-electron chi connectivity index (χ2n) is 6.73. The summed E-state index contributed by atoms with van der Waals surface area (Å²) < 4.78 is 40.7. The van der Waals surface area contributed by atoms with Crippen molar-refractivity contribution >= 4 is 5.91 Å². The zero-order valence-corrected chi connectivity index (χ0v) is 16.8. The standard InChI is InChI=1S/C22H22F2N2O4/c1-13(18-9-4-5-10-20(18)29-22(23)24)25-21(27)16-7-6-8-17(11-16)28-12-19-14(2)26-30-15(19)3/h4-11,13,22H,12H2,1-3H3,(H,25,27). The van der Waals surface area contributed by atoms with Gasteiger partial charge in [0.25, 0.3) is 5.91 Å². The molecule has 1 amide bonds. The van der Waals surface area contributed by atoms with Crippen molar-refractivity contribution in [2.45, 2.75) is 40.0 Å². The summed E-state index contributed by atoms with van der Waals surface area (Å²) in [7, 11) is 0. The number of nitrogens with zero attached hydrogens (tertiary/aromatic N) is 1. The van der Waals surface area contributed by atoms with Crippen molar-refractivity contribution in [3.05, 3.63) is 76.7 Å². The number of alkyl halides is 2. The lowest BCUT2D eigenvalue weighted by Gasteiger charge is -2.18. The molecule has 2 aromatic carbocycles. The van der Waals surface area contributed by atoms with Gasteiger partial charge in [0.15, 0.2) is 0 Å². The molecule has 1 atom stereocenters. The van der Waals surface area contributed by atoms with Crippen molar-refractivity contribution in [2.75, 3.05) is 0 Å². The summed E-state index contributed by atoms with van der Waals surface area (Å²) in [6, 6.07) is 12.5. The van der Waals surface area contributed by atoms with Crippen LogP contribution in [0.3, 0.4) is 0 Å². The maximum Gasteiger partial charge on any atom is 0.387 e. The summed E-state index contributed by atoms with van der Waals surface area (Å²) >= 11 is 0. The molecule has 0 saturated heterocycles. The number of aryl methyl sites for hydroxylation is 2. The van der Waals surface area contributed by atoms with E-state index >= 15 is 0 Å². The first kappa shape index (κ1) is 21.3. The summed E-state index contributed by atoms with van der Waals surface area (Å²) in [4.78, 5) is 12.7. The van der Waals surface area contributed by atoms with Gasteiger partial charge in [-0.05, 0) is 45.0 Å². The fraction of sp³-hybridized carbons (Fsp3) is 0.273. The van der Waals surface area contributed by atoms with Crippen LogP contribution in [0, 0.1) is 13.8 Å². The molecular formula is C22H22F2N2O4. The highest BCUT2D eigenvalue weighted by Gasteiger charge is 2.18. The van der Waals surface area contributed by atoms with Gasteiger partial charge in [-0.1, -0.05) is 29.4 Å². The number of benzene rings is 2. The van der Waals surface area contributed by atoms with E-state index in [4.69, 9.17) is 9.26 Å². The van der Waals surface area contributed by atoms with E-state index in [1.165, 1.54) is 6.07 Å². The molecule has 0 fully saturated rings. The molecule has 0 saturated carbocycles. The number of nitrogens with one attached hydrogen (secondary N) is 1. The first-order valence-corrected chi connectivity index (χ1v) is 9.34. The maximum absolute atomic E-state index is 12.7. The Balaban J connectivity index is 1.68. The van der Waals surface area contributed by atoms with Gasteiger partial charge in [0.05, 0.1) is 17.3 Å². The minimum Gasteiger partial charge on any atom is -0.489 e. The number of carbonyl (C=O) groups excluding carboxylic acids is 1. The van der Waals surface area contributed by atoms with Crippen LogP contribution in [0.15, 0.2) is 53.1 Å². The third-order valence-corrected chi connectivity index (χ3v) is 4.61. The second kappa shape index (κ2) is 9.39. The zero-order chi connectivity index (χ0) is 21.7. The molecule has 30 heavy (non-hydrogen) atoms. The lowest BCUT2D eigenvalue weighted by Crippen LogP contribution is -2.27. The van der Waals surface area contributed by atoms with Crippen LogP contribution in [0.4, 0.5) is 8.78 Å². The predicted molar refractivity (Wildman–Crippen MR) is 106 cm³/mol. The molecule has 3 aromatic rings. The fourth-order valence-electron chi connectivity index (χ4n) is 2.99. The number of aromatic nitrogens is 1. The number of halogens is 2. The van der Waals surface area contributed by atoms with Crippen LogP contribution in [-0.4, -0.2) is 17.7 Å². The lowest BCUT2D eigenvalue weighted by atomic mass is 10.1. The van der Waals surface area contributed by atoms with Crippen LogP contribution in [-0.2, 0) is 6.61 Å². The Hall–Kier alpha value is -3.42. The molecule has 3 rings (SSSR count). The van der Waals surface area contributed by atoms with E-state index in [0.717, 1.165) is 11.3 Å². The summed E-state index contributed by atoms with van der Waals surface area (Å²) in [6.07, 6.45) is 0. The van der Waals surface area contributed by atoms with Gasteiger partial charge in [-0.15, -0.1) is 0 Å². The Morgan fingerprint density at radius 3 is 2.63 bits per heavy atom. The molecule has 1 aromatic heterocycles. The lowest BCUT2D eigenvalue weighted by molar-refractivity contribution is -0.0506. The van der Waals surface area contributed by atoms with Crippen molar-refractivity contribution < 1.29 is 27.6 Å². The number of para-hydroxylation sites is 1. The molecule has 0 bridgehead atoms. The first-order valence-electron chi connectivity index (χ1n) is 9.34. The molecule has 1 unspecified atom stereocenters. The maximum atomic E-state index is 12.7. The van der Waals surface area contributed by atoms with Gasteiger partial charge >= 0.3 is 6.61 Å². The van der Waals surface area contributed by atoms with Crippen LogP contribution in [0.5, 0.6) is 11.5 Å². The van der Waals surface area contributed by atoms with Gasteiger partial charge in [-0.3, -0.25) is 4.79 Å². The minimum absolute atomic E-state index is 0.0249. The molecule has 0 radical (unpaired) electrons. The van der Waals surface area contributed by atoms with Crippen LogP contribution < -0.4 is 14.8 Å². The van der Waals surface area contributed by atoms with Gasteiger partial charge in [-0.2, -0.15) is 8.78 Å². The monoisotopic (exact) mass is 416 g/mol. The predicted octanol–water partition coefficient (Wildman–Crippen LogP) is 4.96. The van der Waals surface area contributed by atoms with Crippen LogP contribution >= 0.6 is 0 Å². The summed E-state index contributed by atoms with van der Waals surface area (Å²) in [5, 5.41) is 6.68. The van der Waals surface area contributed by atoms with E-state index < -0.39 is 12.7 Å². The Morgan fingerprint density at radius 2 is 1.93 bits per heavy atom. The van der Waals surface area contributed by atoms with Crippen molar-refractivity contribution in [1.82, 2.24) is 10.5 Å². The average molecular weight is 416 g/mol. The Kier molecular flexibility index (Phi) is 6.66. The van der Waals surface area contributed by atoms with Gasteiger partial charge < -0.3 is 19.3 Å². The number of rotatable bonds is 8. The molecule has 1 N–H and O–H groups in total. The number of hydrogen-bond donors (Lipinski definition) is 1. The van der Waals surface area contributed by atoms with Gasteiger partial charge in [0, 0.05) is 11.1 Å².